The van der Waals surface area contributed by atoms with E-state index in [0.29, 0.717) is 0 Å². The van der Waals surface area contributed by atoms with E-state index < -0.39 is 15.9 Å². The lowest BCUT2D eigenvalue weighted by Gasteiger charge is -2.07. The normalized spacial score (nSPS) is 11.2. The van der Waals surface area contributed by atoms with Crippen molar-refractivity contribution in [2.24, 2.45) is 0 Å². The molecule has 0 aliphatic heterocycles. The van der Waals surface area contributed by atoms with Gasteiger partial charge in [-0.1, -0.05) is 23.8 Å². The van der Waals surface area contributed by atoms with Gasteiger partial charge in [-0.15, -0.1) is 0 Å². The first kappa shape index (κ1) is 12.6. The molecule has 0 unspecified atom stereocenters. The molecule has 0 aliphatic carbocycles. The minimum Gasteiger partial charge on any atom is -0.379 e. The van der Waals surface area contributed by atoms with E-state index in [1.807, 2.05) is 6.92 Å². The van der Waals surface area contributed by atoms with E-state index in [2.05, 4.69) is 0 Å². The molecule has 2 aromatic carbocycles. The van der Waals surface area contributed by atoms with Gasteiger partial charge in [-0.05, 0) is 31.2 Å². The molecule has 18 heavy (non-hydrogen) atoms. The number of hydrogen-bond acceptors (Lipinski definition) is 3. The Kier molecular flexibility index (Phi) is 3.34. The van der Waals surface area contributed by atoms with Crippen LogP contribution in [0.4, 0.5) is 4.39 Å². The minimum absolute atomic E-state index is 0.0392. The predicted octanol–water partition coefficient (Wildman–Crippen LogP) is 2.90. The van der Waals surface area contributed by atoms with E-state index in [-0.39, 0.29) is 10.6 Å². The van der Waals surface area contributed by atoms with Crippen LogP contribution in [0.3, 0.4) is 0 Å². The number of halogens is 1. The summed E-state index contributed by atoms with van der Waals surface area (Å²) in [5, 5.41) is 0. The van der Waals surface area contributed by atoms with Crippen molar-refractivity contribution in [3.8, 4) is 5.75 Å². The van der Waals surface area contributed by atoms with Gasteiger partial charge >= 0.3 is 10.1 Å². The first-order valence-corrected chi connectivity index (χ1v) is 6.65. The van der Waals surface area contributed by atoms with Crippen LogP contribution in [-0.4, -0.2) is 8.42 Å². The number of benzene rings is 2. The van der Waals surface area contributed by atoms with Crippen LogP contribution in [-0.2, 0) is 10.1 Å². The van der Waals surface area contributed by atoms with Crippen LogP contribution in [0.2, 0.25) is 0 Å². The highest BCUT2D eigenvalue weighted by Gasteiger charge is 2.16. The van der Waals surface area contributed by atoms with Gasteiger partial charge in [0.05, 0.1) is 0 Å². The summed E-state index contributed by atoms with van der Waals surface area (Å²) in [6.45, 7) is 1.85. The van der Waals surface area contributed by atoms with Crippen LogP contribution in [0.15, 0.2) is 53.4 Å². The van der Waals surface area contributed by atoms with Crippen molar-refractivity contribution in [2.75, 3.05) is 0 Å². The van der Waals surface area contributed by atoms with Crippen molar-refractivity contribution in [1.82, 2.24) is 0 Å². The Labute approximate surface area is 105 Å². The monoisotopic (exact) mass is 266 g/mol. The molecule has 94 valence electrons. The SMILES string of the molecule is Cc1ccc(S(=O)(=O)Oc2cccc(F)c2)cc1. The van der Waals surface area contributed by atoms with E-state index in [1.54, 1.807) is 12.1 Å². The molecule has 0 saturated carbocycles. The van der Waals surface area contributed by atoms with Crippen molar-refractivity contribution in [3.63, 3.8) is 0 Å². The summed E-state index contributed by atoms with van der Waals surface area (Å²) < 4.78 is 41.5. The summed E-state index contributed by atoms with van der Waals surface area (Å²) >= 11 is 0. The van der Waals surface area contributed by atoms with Gasteiger partial charge in [-0.3, -0.25) is 0 Å². The Hall–Kier alpha value is -1.88. The fourth-order valence-corrected chi connectivity index (χ4v) is 2.32. The summed E-state index contributed by atoms with van der Waals surface area (Å²) in [6, 6.07) is 11.2. The molecule has 0 aliphatic rings. The molecular formula is C13H11FO3S. The zero-order valence-corrected chi connectivity index (χ0v) is 10.4. The maximum atomic E-state index is 12.9. The molecule has 0 radical (unpaired) electrons. The van der Waals surface area contributed by atoms with Crippen LogP contribution in [0, 0.1) is 12.7 Å². The first-order valence-electron chi connectivity index (χ1n) is 5.24. The van der Waals surface area contributed by atoms with E-state index in [0.717, 1.165) is 11.6 Å². The van der Waals surface area contributed by atoms with Gasteiger partial charge in [0.15, 0.2) is 0 Å². The van der Waals surface area contributed by atoms with E-state index >= 15 is 0 Å². The summed E-state index contributed by atoms with van der Waals surface area (Å²) in [5.74, 6) is -0.595. The van der Waals surface area contributed by atoms with Crippen molar-refractivity contribution >= 4 is 10.1 Å². The van der Waals surface area contributed by atoms with E-state index in [4.69, 9.17) is 4.18 Å². The number of aryl methyl sites for hydroxylation is 1. The lowest BCUT2D eigenvalue weighted by Crippen LogP contribution is -2.09. The second-order valence-electron chi connectivity index (χ2n) is 3.81. The van der Waals surface area contributed by atoms with Gasteiger partial charge < -0.3 is 4.18 Å². The second-order valence-corrected chi connectivity index (χ2v) is 5.35. The Morgan fingerprint density at radius 3 is 2.33 bits per heavy atom. The lowest BCUT2D eigenvalue weighted by atomic mass is 10.2. The summed E-state index contributed by atoms with van der Waals surface area (Å²) in [7, 11) is -3.91. The van der Waals surface area contributed by atoms with Crippen LogP contribution in [0.25, 0.3) is 0 Å². The van der Waals surface area contributed by atoms with Gasteiger partial charge in [0.2, 0.25) is 0 Å². The van der Waals surface area contributed by atoms with Crippen LogP contribution in [0.5, 0.6) is 5.75 Å². The third-order valence-electron chi connectivity index (χ3n) is 2.31. The predicted molar refractivity (Wildman–Crippen MR) is 65.4 cm³/mol. The van der Waals surface area contributed by atoms with Gasteiger partial charge in [0.1, 0.15) is 16.5 Å². The van der Waals surface area contributed by atoms with Crippen molar-refractivity contribution in [2.45, 2.75) is 11.8 Å². The molecule has 0 aromatic heterocycles. The molecule has 0 N–H and O–H groups in total. The number of hydrogen-bond donors (Lipinski definition) is 0. The van der Waals surface area contributed by atoms with Crippen molar-refractivity contribution in [1.29, 1.82) is 0 Å². The molecule has 0 heterocycles. The molecule has 0 spiro atoms. The van der Waals surface area contributed by atoms with Crippen molar-refractivity contribution in [3.05, 3.63) is 59.9 Å². The molecule has 3 nitrogen and oxygen atoms in total. The molecule has 5 heteroatoms. The average molecular weight is 266 g/mol. The molecule has 0 fully saturated rings. The Morgan fingerprint density at radius 1 is 1.06 bits per heavy atom. The third-order valence-corrected chi connectivity index (χ3v) is 3.57. The molecular weight excluding hydrogens is 255 g/mol. The fourth-order valence-electron chi connectivity index (χ4n) is 1.40. The standard InChI is InChI=1S/C13H11FO3S/c1-10-5-7-13(8-6-10)18(15,16)17-12-4-2-3-11(14)9-12/h2-9H,1H3. The smallest absolute Gasteiger partial charge is 0.339 e. The number of rotatable bonds is 3. The van der Waals surface area contributed by atoms with E-state index in [9.17, 15) is 12.8 Å². The topological polar surface area (TPSA) is 43.4 Å². The maximum absolute atomic E-state index is 12.9. The van der Waals surface area contributed by atoms with Crippen LogP contribution < -0.4 is 4.18 Å². The molecule has 0 atom stereocenters. The highest BCUT2D eigenvalue weighted by Crippen LogP contribution is 2.19. The van der Waals surface area contributed by atoms with Crippen LogP contribution in [0.1, 0.15) is 5.56 Å². The zero-order valence-electron chi connectivity index (χ0n) is 9.63. The molecule has 0 bridgehead atoms. The Morgan fingerprint density at radius 2 is 1.72 bits per heavy atom. The first-order chi connectivity index (χ1) is 8.47. The Balaban J connectivity index is 2.30. The highest BCUT2D eigenvalue weighted by atomic mass is 32.2. The largest absolute Gasteiger partial charge is 0.379 e. The molecule has 0 amide bonds. The molecule has 2 aromatic rings. The van der Waals surface area contributed by atoms with Gasteiger partial charge in [-0.25, -0.2) is 4.39 Å². The maximum Gasteiger partial charge on any atom is 0.339 e. The fraction of sp³-hybridized carbons (Fsp3) is 0.0769. The zero-order chi connectivity index (χ0) is 13.2. The minimum atomic E-state index is -3.91. The van der Waals surface area contributed by atoms with Crippen LogP contribution >= 0.6 is 0 Å². The van der Waals surface area contributed by atoms with Gasteiger partial charge in [-0.2, -0.15) is 8.42 Å². The van der Waals surface area contributed by atoms with E-state index in [1.165, 1.54) is 30.3 Å². The second kappa shape index (κ2) is 4.78. The van der Waals surface area contributed by atoms with Crippen molar-refractivity contribution < 1.29 is 17.0 Å². The van der Waals surface area contributed by atoms with Gasteiger partial charge in [0.25, 0.3) is 0 Å². The quantitative estimate of drug-likeness (QED) is 0.802. The van der Waals surface area contributed by atoms with Gasteiger partial charge in [0, 0.05) is 6.07 Å². The Bertz CT molecular complexity index is 648. The summed E-state index contributed by atoms with van der Waals surface area (Å²) in [6.07, 6.45) is 0. The third kappa shape index (κ3) is 2.87. The summed E-state index contributed by atoms with van der Waals surface area (Å²) in [5.41, 5.74) is 0.944. The lowest BCUT2D eigenvalue weighted by molar-refractivity contribution is 0.483. The highest BCUT2D eigenvalue weighted by molar-refractivity contribution is 7.87. The molecule has 0 saturated heterocycles. The summed E-state index contributed by atoms with van der Waals surface area (Å²) in [4.78, 5) is 0.0392. The average Bonchev–Trinajstić information content (AvgIpc) is 2.29. The molecule has 2 rings (SSSR count).